The summed E-state index contributed by atoms with van der Waals surface area (Å²) in [5.74, 6) is 1.45. The van der Waals surface area contributed by atoms with Gasteiger partial charge in [-0.3, -0.25) is 0 Å². The summed E-state index contributed by atoms with van der Waals surface area (Å²) in [6.07, 6.45) is 0. The van der Waals surface area contributed by atoms with Crippen LogP contribution in [-0.2, 0) is 0 Å². The van der Waals surface area contributed by atoms with Crippen molar-refractivity contribution in [3.05, 3.63) is 29.4 Å². The molecule has 0 aliphatic heterocycles. The molecular formula is C10H10ClN3OS. The third-order valence-electron chi connectivity index (χ3n) is 2.19. The van der Waals surface area contributed by atoms with Crippen molar-refractivity contribution in [3.63, 3.8) is 0 Å². The molecule has 1 aromatic carbocycles. The number of ether oxygens (including phenoxy) is 1. The summed E-state index contributed by atoms with van der Waals surface area (Å²) in [5, 5.41) is 0.412. The number of rotatable bonds is 3. The van der Waals surface area contributed by atoms with Crippen LogP contribution in [0.3, 0.4) is 0 Å². The van der Waals surface area contributed by atoms with Gasteiger partial charge in [-0.05, 0) is 12.1 Å². The predicted molar refractivity (Wildman–Crippen MR) is 66.0 cm³/mol. The molecule has 84 valence electrons. The monoisotopic (exact) mass is 255 g/mol. The summed E-state index contributed by atoms with van der Waals surface area (Å²) in [6.45, 7) is 0. The molecule has 0 bridgehead atoms. The molecule has 0 aliphatic carbocycles. The van der Waals surface area contributed by atoms with Gasteiger partial charge in [-0.25, -0.2) is 0 Å². The highest BCUT2D eigenvalue weighted by Crippen LogP contribution is 2.30. The van der Waals surface area contributed by atoms with Crippen molar-refractivity contribution in [2.45, 2.75) is 0 Å². The molecule has 0 saturated carbocycles. The zero-order valence-corrected chi connectivity index (χ0v) is 10.4. The van der Waals surface area contributed by atoms with Gasteiger partial charge in [0, 0.05) is 18.8 Å². The molecule has 2 aromatic rings. The molecule has 0 amide bonds. The smallest absolute Gasteiger partial charge is 0.187 e. The van der Waals surface area contributed by atoms with Gasteiger partial charge in [-0.1, -0.05) is 17.7 Å². The summed E-state index contributed by atoms with van der Waals surface area (Å²) >= 11 is 7.02. The normalized spacial score (nSPS) is 10.2. The maximum atomic E-state index is 5.92. The van der Waals surface area contributed by atoms with E-state index in [-0.39, 0.29) is 0 Å². The van der Waals surface area contributed by atoms with Crippen molar-refractivity contribution >= 4 is 34.8 Å². The Morgan fingerprint density at radius 1 is 1.38 bits per heavy atom. The fourth-order valence-corrected chi connectivity index (χ4v) is 2.11. The van der Waals surface area contributed by atoms with Gasteiger partial charge >= 0.3 is 0 Å². The molecule has 1 heterocycles. The number of hydrogen-bond acceptors (Lipinski definition) is 5. The minimum Gasteiger partial charge on any atom is -0.497 e. The number of aromatic nitrogens is 2. The number of methoxy groups -OCH3 is 1. The lowest BCUT2D eigenvalue weighted by atomic mass is 10.3. The first-order valence-electron chi connectivity index (χ1n) is 4.58. The van der Waals surface area contributed by atoms with Crippen LogP contribution in [0.15, 0.2) is 24.3 Å². The molecule has 0 atom stereocenters. The van der Waals surface area contributed by atoms with Crippen molar-refractivity contribution in [3.8, 4) is 5.75 Å². The highest BCUT2D eigenvalue weighted by Gasteiger charge is 2.12. The lowest BCUT2D eigenvalue weighted by molar-refractivity contribution is 0.415. The highest BCUT2D eigenvalue weighted by atomic mass is 35.5. The van der Waals surface area contributed by atoms with Crippen molar-refractivity contribution in [2.24, 2.45) is 0 Å². The van der Waals surface area contributed by atoms with Gasteiger partial charge in [-0.2, -0.15) is 8.75 Å². The van der Waals surface area contributed by atoms with Gasteiger partial charge in [0.15, 0.2) is 11.0 Å². The van der Waals surface area contributed by atoms with Crippen LogP contribution in [0.25, 0.3) is 0 Å². The van der Waals surface area contributed by atoms with Gasteiger partial charge < -0.3 is 9.64 Å². The van der Waals surface area contributed by atoms with Crippen LogP contribution in [0.1, 0.15) is 0 Å². The van der Waals surface area contributed by atoms with Gasteiger partial charge in [-0.15, -0.1) is 0 Å². The zero-order valence-electron chi connectivity index (χ0n) is 8.85. The maximum absolute atomic E-state index is 5.92. The number of halogens is 1. The van der Waals surface area contributed by atoms with Crippen LogP contribution in [0.4, 0.5) is 11.5 Å². The topological polar surface area (TPSA) is 38.2 Å². The molecule has 0 saturated heterocycles. The second-order valence-corrected chi connectivity index (χ2v) is 4.03. The van der Waals surface area contributed by atoms with Crippen molar-refractivity contribution < 1.29 is 4.74 Å². The van der Waals surface area contributed by atoms with Crippen LogP contribution in [-0.4, -0.2) is 22.9 Å². The van der Waals surface area contributed by atoms with E-state index in [1.807, 2.05) is 36.2 Å². The number of nitrogens with zero attached hydrogens (tertiary/aromatic N) is 3. The lowest BCUT2D eigenvalue weighted by Crippen LogP contribution is -2.10. The summed E-state index contributed by atoms with van der Waals surface area (Å²) in [7, 11) is 3.52. The van der Waals surface area contributed by atoms with Crippen LogP contribution in [0.5, 0.6) is 5.75 Å². The zero-order chi connectivity index (χ0) is 11.5. The molecule has 0 aliphatic rings. The van der Waals surface area contributed by atoms with E-state index >= 15 is 0 Å². The Kier molecular flexibility index (Phi) is 3.26. The summed E-state index contributed by atoms with van der Waals surface area (Å²) in [6, 6.07) is 7.67. The summed E-state index contributed by atoms with van der Waals surface area (Å²) < 4.78 is 13.2. The second kappa shape index (κ2) is 4.67. The summed E-state index contributed by atoms with van der Waals surface area (Å²) in [5.41, 5.74) is 0.953. The van der Waals surface area contributed by atoms with Gasteiger partial charge in [0.2, 0.25) is 0 Å². The van der Waals surface area contributed by atoms with Crippen LogP contribution in [0, 0.1) is 0 Å². The average molecular weight is 256 g/mol. The first kappa shape index (κ1) is 11.2. The van der Waals surface area contributed by atoms with Crippen molar-refractivity contribution in [1.29, 1.82) is 0 Å². The Morgan fingerprint density at radius 3 is 2.81 bits per heavy atom. The second-order valence-electron chi connectivity index (χ2n) is 3.14. The molecule has 0 spiro atoms. The van der Waals surface area contributed by atoms with Crippen LogP contribution >= 0.6 is 23.3 Å². The first-order valence-corrected chi connectivity index (χ1v) is 5.69. The molecular weight excluding hydrogens is 246 g/mol. The Bertz CT molecular complexity index is 488. The minimum absolute atomic E-state index is 0.412. The standard InChI is InChI=1S/C10H10ClN3OS/c1-14(10-9(11)12-16-13-10)7-4-3-5-8(6-7)15-2/h3-6H,1-2H3. The fourth-order valence-electron chi connectivity index (χ4n) is 1.31. The van der Waals surface area contributed by atoms with Gasteiger partial charge in [0.05, 0.1) is 18.8 Å². The Balaban J connectivity index is 2.33. The highest BCUT2D eigenvalue weighted by molar-refractivity contribution is 6.99. The average Bonchev–Trinajstić information content (AvgIpc) is 2.74. The van der Waals surface area contributed by atoms with E-state index < -0.39 is 0 Å². The molecule has 0 unspecified atom stereocenters. The van der Waals surface area contributed by atoms with E-state index in [2.05, 4.69) is 8.75 Å². The van der Waals surface area contributed by atoms with E-state index in [1.54, 1.807) is 7.11 Å². The first-order chi connectivity index (χ1) is 7.72. The molecule has 6 heteroatoms. The Hall–Kier alpha value is -1.33. The van der Waals surface area contributed by atoms with E-state index in [0.717, 1.165) is 23.2 Å². The minimum atomic E-state index is 0.412. The molecule has 0 N–H and O–H groups in total. The number of benzene rings is 1. The largest absolute Gasteiger partial charge is 0.497 e. The lowest BCUT2D eigenvalue weighted by Gasteiger charge is -2.16. The van der Waals surface area contributed by atoms with Crippen molar-refractivity contribution in [1.82, 2.24) is 8.75 Å². The summed E-state index contributed by atoms with van der Waals surface area (Å²) in [4.78, 5) is 1.87. The molecule has 4 nitrogen and oxygen atoms in total. The van der Waals surface area contributed by atoms with Gasteiger partial charge in [0.1, 0.15) is 5.75 Å². The number of hydrogen-bond donors (Lipinski definition) is 0. The number of anilines is 2. The van der Waals surface area contributed by atoms with Crippen molar-refractivity contribution in [2.75, 3.05) is 19.1 Å². The molecule has 0 radical (unpaired) electrons. The van der Waals surface area contributed by atoms with E-state index in [1.165, 1.54) is 0 Å². The Labute approximate surface area is 103 Å². The molecule has 1 aromatic heterocycles. The third kappa shape index (κ3) is 2.10. The maximum Gasteiger partial charge on any atom is 0.187 e. The Morgan fingerprint density at radius 2 is 2.19 bits per heavy atom. The predicted octanol–water partition coefficient (Wildman–Crippen LogP) is 2.97. The van der Waals surface area contributed by atoms with Gasteiger partial charge in [0.25, 0.3) is 0 Å². The van der Waals surface area contributed by atoms with E-state index in [4.69, 9.17) is 16.3 Å². The van der Waals surface area contributed by atoms with Crippen LogP contribution in [0.2, 0.25) is 5.15 Å². The SMILES string of the molecule is COc1cccc(N(C)c2nsnc2Cl)c1. The van der Waals surface area contributed by atoms with Crippen LogP contribution < -0.4 is 9.64 Å². The molecule has 2 rings (SSSR count). The fraction of sp³-hybridized carbons (Fsp3) is 0.200. The van der Waals surface area contributed by atoms with E-state index in [9.17, 15) is 0 Å². The third-order valence-corrected chi connectivity index (χ3v) is 3.06. The molecule has 16 heavy (non-hydrogen) atoms. The quantitative estimate of drug-likeness (QED) is 0.845. The molecule has 0 fully saturated rings. The van der Waals surface area contributed by atoms with E-state index in [0.29, 0.717) is 11.0 Å².